The Kier molecular flexibility index (Phi) is 7.48. The molecule has 6 rings (SSSR count). The molecule has 39 heavy (non-hydrogen) atoms. The molecule has 1 saturated heterocycles. The summed E-state index contributed by atoms with van der Waals surface area (Å²) in [6.45, 7) is 8.57. The van der Waals surface area contributed by atoms with E-state index < -0.39 is 11.6 Å². The van der Waals surface area contributed by atoms with E-state index in [1.54, 1.807) is 32.1 Å². The number of benzene rings is 3. The third kappa shape index (κ3) is 6.15. The third-order valence-electron chi connectivity index (χ3n) is 6.24. The number of halogens is 1. The highest BCUT2D eigenvalue weighted by Crippen LogP contribution is 2.41. The van der Waals surface area contributed by atoms with Gasteiger partial charge in [-0.2, -0.15) is 5.10 Å². The maximum absolute atomic E-state index is 11.7. The second kappa shape index (κ2) is 10.7. The van der Waals surface area contributed by atoms with Crippen LogP contribution in [0.5, 0.6) is 0 Å². The molecule has 0 radical (unpaired) electrons. The summed E-state index contributed by atoms with van der Waals surface area (Å²) in [7, 11) is 0. The Balaban J connectivity index is 0.000000567. The van der Waals surface area contributed by atoms with E-state index >= 15 is 0 Å². The number of rotatable bonds is 5. The van der Waals surface area contributed by atoms with Gasteiger partial charge in [0.05, 0.1) is 47.0 Å². The van der Waals surface area contributed by atoms with Crippen molar-refractivity contribution < 1.29 is 19.7 Å². The molecule has 202 valence electrons. The number of nitrogens with zero attached hydrogens (tertiary/aromatic N) is 3. The third-order valence-corrected chi connectivity index (χ3v) is 7.63. The number of hydrogen-bond acceptors (Lipinski definition) is 6. The van der Waals surface area contributed by atoms with Crippen LogP contribution in [0.4, 0.5) is 0 Å². The zero-order valence-electron chi connectivity index (χ0n) is 22.2. The first-order chi connectivity index (χ1) is 18.5. The molecule has 7 nitrogen and oxygen atoms in total. The van der Waals surface area contributed by atoms with E-state index in [0.717, 1.165) is 53.9 Å². The number of carbonyl (C=O) groups is 1. The molecular weight excluding hydrogens is 534 g/mol. The highest BCUT2D eigenvalue weighted by Gasteiger charge is 2.22. The van der Waals surface area contributed by atoms with Crippen LogP contribution in [0.15, 0.2) is 54.7 Å². The first kappa shape index (κ1) is 27.3. The van der Waals surface area contributed by atoms with Gasteiger partial charge < -0.3 is 14.9 Å². The van der Waals surface area contributed by atoms with Crippen molar-refractivity contribution in [3.05, 3.63) is 70.9 Å². The van der Waals surface area contributed by atoms with Crippen LogP contribution in [0.1, 0.15) is 37.9 Å². The smallest absolute Gasteiger partial charge is 0.307 e. The zero-order valence-corrected chi connectivity index (χ0v) is 23.8. The van der Waals surface area contributed by atoms with Gasteiger partial charge in [-0.05, 0) is 80.8 Å². The second-order valence-electron chi connectivity index (χ2n) is 10.7. The van der Waals surface area contributed by atoms with Crippen molar-refractivity contribution in [3.63, 3.8) is 0 Å². The first-order valence-electron chi connectivity index (χ1n) is 12.7. The van der Waals surface area contributed by atoms with Crippen molar-refractivity contribution in [1.29, 1.82) is 0 Å². The summed E-state index contributed by atoms with van der Waals surface area (Å²) in [6.07, 6.45) is 2.01. The molecule has 0 aliphatic carbocycles. The number of carboxylic acids is 1. The van der Waals surface area contributed by atoms with Crippen LogP contribution in [-0.4, -0.2) is 49.8 Å². The number of carboxylic acid groups (broad SMARTS) is 1. The van der Waals surface area contributed by atoms with E-state index in [4.69, 9.17) is 26.4 Å². The predicted octanol–water partition coefficient (Wildman–Crippen LogP) is 6.92. The predicted molar refractivity (Wildman–Crippen MR) is 157 cm³/mol. The van der Waals surface area contributed by atoms with Gasteiger partial charge in [0.25, 0.3) is 0 Å². The molecule has 2 N–H and O–H groups in total. The number of hydrogen-bond donors (Lipinski definition) is 2. The van der Waals surface area contributed by atoms with Crippen molar-refractivity contribution in [1.82, 2.24) is 14.8 Å². The summed E-state index contributed by atoms with van der Waals surface area (Å²) in [5.74, 6) is -0.860. The van der Waals surface area contributed by atoms with E-state index in [0.29, 0.717) is 24.3 Å². The van der Waals surface area contributed by atoms with Crippen molar-refractivity contribution in [2.45, 2.75) is 45.8 Å². The number of ether oxygens (including phenoxy) is 1. The second-order valence-corrected chi connectivity index (χ2v) is 12.2. The molecule has 0 atom stereocenters. The van der Waals surface area contributed by atoms with Crippen molar-refractivity contribution >= 4 is 50.0 Å². The Hall–Kier alpha value is -3.30. The lowest BCUT2D eigenvalue weighted by Gasteiger charge is -2.25. The fraction of sp³-hybridized carbons (Fsp3) is 0.300. The van der Waals surface area contributed by atoms with Crippen LogP contribution in [-0.2, 0) is 16.0 Å². The Bertz CT molecular complexity index is 1660. The molecule has 3 heterocycles. The Morgan fingerprint density at radius 3 is 2.38 bits per heavy atom. The summed E-state index contributed by atoms with van der Waals surface area (Å²) in [5.41, 5.74) is 5.88. The molecule has 1 fully saturated rings. The van der Waals surface area contributed by atoms with Crippen LogP contribution in [0.3, 0.4) is 0 Å². The van der Waals surface area contributed by atoms with Gasteiger partial charge in [0.15, 0.2) is 0 Å². The molecule has 2 aromatic heterocycles. The van der Waals surface area contributed by atoms with Crippen LogP contribution in [0.25, 0.3) is 42.8 Å². The zero-order chi connectivity index (χ0) is 27.9. The number of aryl methyl sites for hydroxylation is 1. The quantitative estimate of drug-likeness (QED) is 0.241. The average Bonchev–Trinajstić information content (AvgIpc) is 3.41. The summed E-state index contributed by atoms with van der Waals surface area (Å²) in [5, 5.41) is 25.4. The number of aliphatic carboxylic acids is 1. The van der Waals surface area contributed by atoms with E-state index in [1.165, 1.54) is 0 Å². The molecule has 0 bridgehead atoms. The van der Waals surface area contributed by atoms with Gasteiger partial charge in [-0.1, -0.05) is 23.7 Å². The molecule has 0 spiro atoms. The largest absolute Gasteiger partial charge is 0.481 e. The van der Waals surface area contributed by atoms with Crippen molar-refractivity contribution in [3.8, 4) is 21.7 Å². The highest BCUT2D eigenvalue weighted by atomic mass is 35.5. The van der Waals surface area contributed by atoms with Gasteiger partial charge in [-0.15, -0.1) is 11.3 Å². The van der Waals surface area contributed by atoms with E-state index in [9.17, 15) is 9.90 Å². The summed E-state index contributed by atoms with van der Waals surface area (Å²) in [6, 6.07) is 16.0. The topological polar surface area (TPSA) is 97.5 Å². The number of aliphatic hydroxyl groups is 1. The minimum atomic E-state index is -0.860. The van der Waals surface area contributed by atoms with E-state index in [1.807, 2.05) is 54.1 Å². The van der Waals surface area contributed by atoms with Crippen molar-refractivity contribution in [2.24, 2.45) is 0 Å². The highest BCUT2D eigenvalue weighted by molar-refractivity contribution is 7.22. The molecular formula is C30H30ClN3O4S. The monoisotopic (exact) mass is 563 g/mol. The first-order valence-corrected chi connectivity index (χ1v) is 13.9. The van der Waals surface area contributed by atoms with Crippen LogP contribution < -0.4 is 0 Å². The minimum absolute atomic E-state index is 0.0526. The van der Waals surface area contributed by atoms with Gasteiger partial charge in [-0.25, -0.2) is 4.98 Å². The Labute approximate surface area is 235 Å². The fourth-order valence-corrected chi connectivity index (χ4v) is 5.66. The molecule has 0 amide bonds. The lowest BCUT2D eigenvalue weighted by atomic mass is 9.93. The van der Waals surface area contributed by atoms with Gasteiger partial charge in [0.1, 0.15) is 5.01 Å². The minimum Gasteiger partial charge on any atom is -0.481 e. The van der Waals surface area contributed by atoms with Crippen molar-refractivity contribution in [2.75, 3.05) is 13.2 Å². The molecule has 0 unspecified atom stereocenters. The standard InChI is InChI=1S/C26H20ClN3O3S.C4H10O/c1-14-8-22-25(24(20(14)10-23(31)32)15-2-5-18(27)6-3-15)34-26(28-22)16-4-7-21-17(9-16)11-30(29-21)19-12-33-13-19;1-4(2,3)5/h2-9,11,19H,10,12-13H2,1H3,(H,31,32);5H,1-3H3. The molecule has 1 aliphatic heterocycles. The van der Waals surface area contributed by atoms with E-state index in [-0.39, 0.29) is 6.42 Å². The SMILES string of the molecule is CC(C)(C)O.Cc1cc2nc(-c3ccc4nn(C5COC5)cc4c3)sc2c(-c2ccc(Cl)cc2)c1CC(=O)O. The molecule has 9 heteroatoms. The van der Waals surface area contributed by atoms with Crippen LogP contribution in [0.2, 0.25) is 5.02 Å². The van der Waals surface area contributed by atoms with Gasteiger partial charge >= 0.3 is 5.97 Å². The Morgan fingerprint density at radius 2 is 1.77 bits per heavy atom. The number of aromatic nitrogens is 3. The lowest BCUT2D eigenvalue weighted by Crippen LogP contribution is -2.30. The van der Waals surface area contributed by atoms with E-state index in [2.05, 4.69) is 17.4 Å². The Morgan fingerprint density at radius 1 is 1.10 bits per heavy atom. The molecule has 3 aromatic carbocycles. The number of thiazole rings is 1. The maximum Gasteiger partial charge on any atom is 0.307 e. The normalized spacial score (nSPS) is 13.8. The molecule has 0 saturated carbocycles. The van der Waals surface area contributed by atoms with Gasteiger partial charge in [0.2, 0.25) is 0 Å². The summed E-state index contributed by atoms with van der Waals surface area (Å²) >= 11 is 7.70. The molecule has 1 aliphatic rings. The maximum atomic E-state index is 11.7. The fourth-order valence-electron chi connectivity index (χ4n) is 4.40. The van der Waals surface area contributed by atoms with Crippen LogP contribution >= 0.6 is 22.9 Å². The number of fused-ring (bicyclic) bond motifs is 2. The van der Waals surface area contributed by atoms with Gasteiger partial charge in [-0.3, -0.25) is 9.48 Å². The summed E-state index contributed by atoms with van der Waals surface area (Å²) in [4.78, 5) is 16.6. The molecule has 5 aromatic rings. The lowest BCUT2D eigenvalue weighted by molar-refractivity contribution is -0.136. The summed E-state index contributed by atoms with van der Waals surface area (Å²) < 4.78 is 8.25. The van der Waals surface area contributed by atoms with Crippen LogP contribution in [0, 0.1) is 6.92 Å². The average molecular weight is 564 g/mol. The van der Waals surface area contributed by atoms with Gasteiger partial charge in [0, 0.05) is 27.7 Å².